The fourth-order valence-electron chi connectivity index (χ4n) is 5.31. The van der Waals surface area contributed by atoms with Crippen LogP contribution in [0.15, 0.2) is 0 Å². The number of aliphatic carboxylic acids is 1. The zero-order valence-electron chi connectivity index (χ0n) is 33.6. The molecule has 0 aliphatic heterocycles. The highest BCUT2D eigenvalue weighted by Gasteiger charge is 2.36. The van der Waals surface area contributed by atoms with Gasteiger partial charge in [-0.1, -0.05) is 27.7 Å². The van der Waals surface area contributed by atoms with Crippen LogP contribution in [0.2, 0.25) is 0 Å². The van der Waals surface area contributed by atoms with Gasteiger partial charge in [-0.05, 0) is 57.8 Å². The number of carbonyl (C=O) groups is 10. The summed E-state index contributed by atoms with van der Waals surface area (Å²) in [4.78, 5) is 128. The van der Waals surface area contributed by atoms with Gasteiger partial charge in [0.05, 0.1) is 6.04 Å². The van der Waals surface area contributed by atoms with Crippen molar-refractivity contribution in [1.29, 1.82) is 0 Å². The van der Waals surface area contributed by atoms with Crippen LogP contribution in [0.5, 0.6) is 0 Å². The maximum absolute atomic E-state index is 13.7. The molecule has 13 N–H and O–H groups in total. The predicted octanol–water partition coefficient (Wildman–Crippen LogP) is -3.08. The van der Waals surface area contributed by atoms with E-state index in [2.05, 4.69) is 21.3 Å². The summed E-state index contributed by atoms with van der Waals surface area (Å²) in [5.74, 6) is -8.65. The van der Waals surface area contributed by atoms with Crippen molar-refractivity contribution in [3.63, 3.8) is 0 Å². The van der Waals surface area contributed by atoms with Crippen LogP contribution in [0.4, 0.5) is 0 Å². The van der Waals surface area contributed by atoms with Crippen LogP contribution in [0.25, 0.3) is 0 Å². The van der Waals surface area contributed by atoms with Crippen LogP contribution in [-0.2, 0) is 47.9 Å². The molecule has 0 spiro atoms. The lowest BCUT2D eigenvalue weighted by Gasteiger charge is -2.32. The normalized spacial score (nSPS) is 14.8. The average molecular weight is 799 g/mol. The summed E-state index contributed by atoms with van der Waals surface area (Å²) < 4.78 is 0. The van der Waals surface area contributed by atoms with Crippen molar-refractivity contribution in [1.82, 2.24) is 31.1 Å². The second-order valence-electron chi connectivity index (χ2n) is 14.7. The summed E-state index contributed by atoms with van der Waals surface area (Å²) in [5.41, 5.74) is 21.8. The molecule has 21 nitrogen and oxygen atoms in total. The van der Waals surface area contributed by atoms with Crippen LogP contribution < -0.4 is 44.2 Å². The molecule has 0 saturated heterocycles. The Labute approximate surface area is 327 Å². The number of carboxylic acid groups (broad SMARTS) is 1. The van der Waals surface area contributed by atoms with Crippen LogP contribution in [0, 0.1) is 11.8 Å². The Morgan fingerprint density at radius 2 is 0.821 bits per heavy atom. The van der Waals surface area contributed by atoms with Gasteiger partial charge in [0.15, 0.2) is 0 Å². The fourth-order valence-corrected chi connectivity index (χ4v) is 5.31. The molecule has 0 heterocycles. The Bertz CT molecular complexity index is 1440. The Balaban J connectivity index is 6.15. The number of likely N-dealkylation sites (N-methyl/N-ethyl adjacent to an activating group) is 2. The topological polar surface area (TPSA) is 350 Å². The lowest BCUT2D eigenvalue weighted by molar-refractivity contribution is -0.145. The summed E-state index contributed by atoms with van der Waals surface area (Å²) in [6.45, 7) is 9.83. The maximum Gasteiger partial charge on any atom is 0.326 e. The van der Waals surface area contributed by atoms with Gasteiger partial charge >= 0.3 is 5.97 Å². The molecule has 0 rings (SSSR count). The number of amides is 9. The van der Waals surface area contributed by atoms with E-state index in [0.717, 1.165) is 9.80 Å². The molecule has 0 aliphatic carbocycles. The van der Waals surface area contributed by atoms with Crippen LogP contribution in [0.1, 0.15) is 92.9 Å². The maximum atomic E-state index is 13.7. The molecule has 318 valence electrons. The van der Waals surface area contributed by atoms with Gasteiger partial charge in [-0.2, -0.15) is 0 Å². The number of nitrogens with zero attached hydrogens (tertiary/aromatic N) is 2. The Hall–Kier alpha value is -5.34. The quantitative estimate of drug-likeness (QED) is 0.0421. The minimum Gasteiger partial charge on any atom is -0.480 e. The van der Waals surface area contributed by atoms with Crippen molar-refractivity contribution in [2.45, 2.75) is 135 Å². The van der Waals surface area contributed by atoms with Crippen molar-refractivity contribution in [2.75, 3.05) is 14.1 Å². The van der Waals surface area contributed by atoms with E-state index in [4.69, 9.17) is 22.9 Å². The molecule has 21 heteroatoms. The number of rotatable bonds is 26. The Morgan fingerprint density at radius 3 is 1.16 bits per heavy atom. The first-order valence-electron chi connectivity index (χ1n) is 18.4. The van der Waals surface area contributed by atoms with Gasteiger partial charge in [0.1, 0.15) is 36.3 Å². The van der Waals surface area contributed by atoms with E-state index >= 15 is 0 Å². The highest BCUT2D eigenvalue weighted by atomic mass is 16.4. The van der Waals surface area contributed by atoms with Gasteiger partial charge < -0.3 is 59.1 Å². The molecule has 0 aromatic heterocycles. The number of carbonyl (C=O) groups excluding carboxylic acids is 9. The van der Waals surface area contributed by atoms with Gasteiger partial charge in [-0.3, -0.25) is 43.2 Å². The van der Waals surface area contributed by atoms with Gasteiger partial charge in [0.2, 0.25) is 53.2 Å². The molecule has 0 aromatic carbocycles. The first kappa shape index (κ1) is 50.7. The number of carboxylic acids is 1. The lowest BCUT2D eigenvalue weighted by atomic mass is 10.0. The molecular weight excluding hydrogens is 736 g/mol. The number of primary amides is 3. The number of nitrogens with one attached hydrogen (secondary N) is 4. The molecule has 0 aliphatic rings. The van der Waals surface area contributed by atoms with E-state index in [-0.39, 0.29) is 56.8 Å². The molecule has 2 unspecified atom stereocenters. The van der Waals surface area contributed by atoms with Crippen molar-refractivity contribution in [2.24, 2.45) is 34.8 Å². The molecule has 9 amide bonds. The third-order valence-electron chi connectivity index (χ3n) is 8.90. The first-order valence-corrected chi connectivity index (χ1v) is 18.4. The molecule has 56 heavy (non-hydrogen) atoms. The van der Waals surface area contributed by atoms with Gasteiger partial charge in [0, 0.05) is 33.4 Å². The minimum absolute atomic E-state index is 0.0632. The number of nitrogens with two attached hydrogens (primary N) is 4. The van der Waals surface area contributed by atoms with Crippen molar-refractivity contribution in [3.8, 4) is 0 Å². The SMILES string of the molecule is CC(C)C[C@H](NC(=O)[C@H](CCC(N)=O)NC(=O)C(C)N(C)C(=O)[C@H](CCC(N)=O)NC(=O)C(C)N(C)C(=O)[C@H](CCC(N)=O)NC(=O)[C@@H](N)CC(C)C)C(=O)O. The van der Waals surface area contributed by atoms with E-state index < -0.39 is 101 Å². The molecule has 0 fully saturated rings. The number of hydrogen-bond acceptors (Lipinski definition) is 11. The first-order chi connectivity index (χ1) is 25.8. The van der Waals surface area contributed by atoms with Crippen molar-refractivity contribution >= 4 is 59.1 Å². The summed E-state index contributed by atoms with van der Waals surface area (Å²) in [7, 11) is 2.47. The molecule has 0 radical (unpaired) electrons. The zero-order chi connectivity index (χ0) is 43.6. The van der Waals surface area contributed by atoms with E-state index in [1.54, 1.807) is 13.8 Å². The summed E-state index contributed by atoms with van der Waals surface area (Å²) in [6, 6.07) is -9.03. The molecular formula is C35H62N10O11. The second kappa shape index (κ2) is 24.2. The van der Waals surface area contributed by atoms with E-state index in [9.17, 15) is 53.1 Å². The Kier molecular flexibility index (Phi) is 21.9. The molecule has 0 saturated carbocycles. The van der Waals surface area contributed by atoms with Crippen LogP contribution >= 0.6 is 0 Å². The average Bonchev–Trinajstić information content (AvgIpc) is 3.09. The molecule has 7 atom stereocenters. The van der Waals surface area contributed by atoms with Crippen molar-refractivity contribution in [3.05, 3.63) is 0 Å². The lowest BCUT2D eigenvalue weighted by Crippen LogP contribution is -2.59. The summed E-state index contributed by atoms with van der Waals surface area (Å²) in [5, 5.41) is 19.3. The standard InChI is InChI=1S/C35H62N10O11/c1-17(2)15-21(36)31(51)42-24(11-14-28(39)48)34(54)45(8)20(6)30(50)41-23(10-13-27(38)47)33(53)44(7)19(5)29(49)40-22(9-12-26(37)46)32(52)43-25(35(55)56)16-18(3)4/h17-25H,9-16,36H2,1-8H3,(H2,37,46)(H2,38,47)(H2,39,48)(H,40,49)(H,41,50)(H,42,51)(H,43,52)(H,55,56)/t19?,20?,21-,22-,23-,24-,25-/m0/s1. The van der Waals surface area contributed by atoms with Crippen molar-refractivity contribution < 1.29 is 53.1 Å². The monoisotopic (exact) mass is 798 g/mol. The van der Waals surface area contributed by atoms with E-state index in [1.807, 2.05) is 13.8 Å². The summed E-state index contributed by atoms with van der Waals surface area (Å²) >= 11 is 0. The zero-order valence-corrected chi connectivity index (χ0v) is 33.6. The highest BCUT2D eigenvalue weighted by molar-refractivity contribution is 5.97. The molecule has 0 aromatic rings. The largest absolute Gasteiger partial charge is 0.480 e. The second-order valence-corrected chi connectivity index (χ2v) is 14.7. The third kappa shape index (κ3) is 18.3. The third-order valence-corrected chi connectivity index (χ3v) is 8.90. The number of hydrogen-bond donors (Lipinski definition) is 9. The van der Waals surface area contributed by atoms with E-state index in [1.165, 1.54) is 27.9 Å². The van der Waals surface area contributed by atoms with E-state index in [0.29, 0.717) is 6.42 Å². The van der Waals surface area contributed by atoms with Crippen LogP contribution in [0.3, 0.4) is 0 Å². The highest BCUT2D eigenvalue weighted by Crippen LogP contribution is 2.12. The van der Waals surface area contributed by atoms with Crippen LogP contribution in [-0.4, -0.2) is 130 Å². The Morgan fingerprint density at radius 1 is 0.500 bits per heavy atom. The molecule has 0 bridgehead atoms. The smallest absolute Gasteiger partial charge is 0.326 e. The fraction of sp³-hybridized carbons (Fsp3) is 0.714. The van der Waals surface area contributed by atoms with Gasteiger partial charge in [0.25, 0.3) is 0 Å². The summed E-state index contributed by atoms with van der Waals surface area (Å²) in [6.07, 6.45) is -1.40. The predicted molar refractivity (Wildman–Crippen MR) is 202 cm³/mol. The van der Waals surface area contributed by atoms with Gasteiger partial charge in [-0.15, -0.1) is 0 Å². The van der Waals surface area contributed by atoms with Gasteiger partial charge in [-0.25, -0.2) is 4.79 Å². The minimum atomic E-state index is -1.46.